The molecule has 1 amide bonds. The van der Waals surface area contributed by atoms with Crippen LogP contribution in [0, 0.1) is 0 Å². The van der Waals surface area contributed by atoms with Gasteiger partial charge in [-0.25, -0.2) is 9.97 Å². The first-order valence-corrected chi connectivity index (χ1v) is 7.96. The van der Waals surface area contributed by atoms with Crippen LogP contribution >= 0.6 is 11.6 Å². The van der Waals surface area contributed by atoms with Gasteiger partial charge in [0.1, 0.15) is 18.0 Å². The van der Waals surface area contributed by atoms with Gasteiger partial charge in [-0.1, -0.05) is 23.7 Å². The van der Waals surface area contributed by atoms with Crippen molar-refractivity contribution in [1.82, 2.24) is 9.97 Å². The molecule has 0 unspecified atom stereocenters. The SMILES string of the molecule is CC(=O)Nc1ccc(Nc2cc(Nc3ccccc3Cl)ncn2)cc1. The fraction of sp³-hybridized carbons (Fsp3) is 0.0556. The molecule has 0 saturated carbocycles. The molecule has 0 saturated heterocycles. The highest BCUT2D eigenvalue weighted by Crippen LogP contribution is 2.25. The molecule has 25 heavy (non-hydrogen) atoms. The molecule has 3 rings (SSSR count). The molecule has 3 aromatic rings. The van der Waals surface area contributed by atoms with E-state index in [-0.39, 0.29) is 5.91 Å². The summed E-state index contributed by atoms with van der Waals surface area (Å²) in [6, 6.07) is 16.6. The summed E-state index contributed by atoms with van der Waals surface area (Å²) in [5, 5.41) is 9.68. The number of benzene rings is 2. The van der Waals surface area contributed by atoms with Gasteiger partial charge in [-0.3, -0.25) is 4.79 Å². The predicted molar refractivity (Wildman–Crippen MR) is 101 cm³/mol. The Morgan fingerprint density at radius 3 is 2.24 bits per heavy atom. The Labute approximate surface area is 150 Å². The number of halogens is 1. The maximum atomic E-state index is 11.0. The second-order valence-electron chi connectivity index (χ2n) is 5.28. The van der Waals surface area contributed by atoms with E-state index in [9.17, 15) is 4.79 Å². The zero-order valence-electron chi connectivity index (χ0n) is 13.5. The molecule has 0 fully saturated rings. The third kappa shape index (κ3) is 4.68. The number of aromatic nitrogens is 2. The van der Waals surface area contributed by atoms with Crippen LogP contribution in [-0.2, 0) is 4.79 Å². The Bertz CT molecular complexity index is 883. The number of anilines is 5. The lowest BCUT2D eigenvalue weighted by molar-refractivity contribution is -0.114. The summed E-state index contributed by atoms with van der Waals surface area (Å²) in [4.78, 5) is 19.4. The quantitative estimate of drug-likeness (QED) is 0.626. The molecule has 1 aromatic heterocycles. The predicted octanol–water partition coefficient (Wildman–Crippen LogP) is 4.58. The van der Waals surface area contributed by atoms with Gasteiger partial charge in [-0.15, -0.1) is 0 Å². The lowest BCUT2D eigenvalue weighted by Crippen LogP contribution is -2.05. The molecule has 6 nitrogen and oxygen atoms in total. The third-order valence-corrected chi connectivity index (χ3v) is 3.61. The van der Waals surface area contributed by atoms with Gasteiger partial charge in [-0.2, -0.15) is 0 Å². The number of carbonyl (C=O) groups is 1. The first-order chi connectivity index (χ1) is 12.1. The van der Waals surface area contributed by atoms with Crippen molar-refractivity contribution in [3.8, 4) is 0 Å². The van der Waals surface area contributed by atoms with Crippen molar-refractivity contribution in [3.63, 3.8) is 0 Å². The summed E-state index contributed by atoms with van der Waals surface area (Å²) < 4.78 is 0. The molecule has 126 valence electrons. The van der Waals surface area contributed by atoms with Crippen LogP contribution in [0.25, 0.3) is 0 Å². The van der Waals surface area contributed by atoms with E-state index in [0.29, 0.717) is 16.7 Å². The fourth-order valence-electron chi connectivity index (χ4n) is 2.18. The van der Waals surface area contributed by atoms with Gasteiger partial charge >= 0.3 is 0 Å². The van der Waals surface area contributed by atoms with Crippen molar-refractivity contribution in [2.75, 3.05) is 16.0 Å². The summed E-state index contributed by atoms with van der Waals surface area (Å²) >= 11 is 6.14. The zero-order valence-corrected chi connectivity index (χ0v) is 14.2. The van der Waals surface area contributed by atoms with Gasteiger partial charge in [0.15, 0.2) is 0 Å². The maximum Gasteiger partial charge on any atom is 0.221 e. The van der Waals surface area contributed by atoms with Crippen molar-refractivity contribution in [2.45, 2.75) is 6.92 Å². The van der Waals surface area contributed by atoms with Crippen LogP contribution in [0.3, 0.4) is 0 Å². The number of hydrogen-bond acceptors (Lipinski definition) is 5. The van der Waals surface area contributed by atoms with Crippen molar-refractivity contribution in [3.05, 3.63) is 65.9 Å². The number of rotatable bonds is 5. The molecule has 0 spiro atoms. The summed E-state index contributed by atoms with van der Waals surface area (Å²) in [6.07, 6.45) is 1.47. The maximum absolute atomic E-state index is 11.0. The topological polar surface area (TPSA) is 78.9 Å². The Kier molecular flexibility index (Phi) is 5.11. The Hall–Kier alpha value is -3.12. The van der Waals surface area contributed by atoms with E-state index >= 15 is 0 Å². The highest BCUT2D eigenvalue weighted by atomic mass is 35.5. The van der Waals surface area contributed by atoms with Gasteiger partial charge in [0, 0.05) is 24.4 Å². The molecule has 0 bridgehead atoms. The van der Waals surface area contributed by atoms with Crippen molar-refractivity contribution >= 4 is 46.2 Å². The molecule has 0 radical (unpaired) electrons. The Morgan fingerprint density at radius 1 is 0.920 bits per heavy atom. The standard InChI is InChI=1S/C18H16ClN5O/c1-12(25)22-13-6-8-14(9-7-13)23-17-10-18(21-11-20-17)24-16-5-3-2-4-15(16)19/h2-11H,1H3,(H,22,25)(H2,20,21,23,24). The van der Waals surface area contributed by atoms with Crippen LogP contribution in [0.15, 0.2) is 60.9 Å². The van der Waals surface area contributed by atoms with Crippen LogP contribution < -0.4 is 16.0 Å². The van der Waals surface area contributed by atoms with Crippen LogP contribution in [-0.4, -0.2) is 15.9 Å². The third-order valence-electron chi connectivity index (χ3n) is 3.28. The first-order valence-electron chi connectivity index (χ1n) is 7.58. The van der Waals surface area contributed by atoms with E-state index < -0.39 is 0 Å². The van der Waals surface area contributed by atoms with E-state index in [4.69, 9.17) is 11.6 Å². The summed E-state index contributed by atoms with van der Waals surface area (Å²) in [7, 11) is 0. The molecule has 7 heteroatoms. The van der Waals surface area contributed by atoms with E-state index in [2.05, 4.69) is 25.9 Å². The number of para-hydroxylation sites is 1. The van der Waals surface area contributed by atoms with E-state index in [1.807, 2.05) is 42.5 Å². The highest BCUT2D eigenvalue weighted by molar-refractivity contribution is 6.33. The number of amides is 1. The number of carbonyl (C=O) groups excluding carboxylic acids is 1. The minimum Gasteiger partial charge on any atom is -0.340 e. The average molecular weight is 354 g/mol. The molecule has 3 N–H and O–H groups in total. The first kappa shape index (κ1) is 16.7. The minimum absolute atomic E-state index is 0.105. The minimum atomic E-state index is -0.105. The Morgan fingerprint density at radius 2 is 1.56 bits per heavy atom. The van der Waals surface area contributed by atoms with Crippen LogP contribution in [0.5, 0.6) is 0 Å². The van der Waals surface area contributed by atoms with Crippen molar-refractivity contribution in [2.24, 2.45) is 0 Å². The molecular weight excluding hydrogens is 338 g/mol. The fourth-order valence-corrected chi connectivity index (χ4v) is 2.37. The summed E-state index contributed by atoms with van der Waals surface area (Å²) in [5.41, 5.74) is 2.35. The molecule has 0 aliphatic carbocycles. The second kappa shape index (κ2) is 7.63. The number of nitrogens with zero attached hydrogens (tertiary/aromatic N) is 2. The van der Waals surface area contributed by atoms with Crippen molar-refractivity contribution < 1.29 is 4.79 Å². The zero-order chi connectivity index (χ0) is 17.6. The second-order valence-corrected chi connectivity index (χ2v) is 5.68. The van der Waals surface area contributed by atoms with Gasteiger partial charge < -0.3 is 16.0 Å². The van der Waals surface area contributed by atoms with Crippen LogP contribution in [0.1, 0.15) is 6.92 Å². The lowest BCUT2D eigenvalue weighted by Gasteiger charge is -2.10. The van der Waals surface area contributed by atoms with Gasteiger partial charge in [0.2, 0.25) is 5.91 Å². The number of hydrogen-bond donors (Lipinski definition) is 3. The normalized spacial score (nSPS) is 10.2. The highest BCUT2D eigenvalue weighted by Gasteiger charge is 2.03. The van der Waals surface area contributed by atoms with Gasteiger partial charge in [0.05, 0.1) is 10.7 Å². The lowest BCUT2D eigenvalue weighted by atomic mass is 10.2. The van der Waals surface area contributed by atoms with Crippen LogP contribution in [0.2, 0.25) is 5.02 Å². The summed E-state index contributed by atoms with van der Waals surface area (Å²) in [6.45, 7) is 1.47. The number of nitrogens with one attached hydrogen (secondary N) is 3. The van der Waals surface area contributed by atoms with Gasteiger partial charge in [-0.05, 0) is 36.4 Å². The largest absolute Gasteiger partial charge is 0.340 e. The average Bonchev–Trinajstić information content (AvgIpc) is 2.59. The van der Waals surface area contributed by atoms with Crippen LogP contribution in [0.4, 0.5) is 28.7 Å². The summed E-state index contributed by atoms with van der Waals surface area (Å²) in [5.74, 6) is 1.16. The smallest absolute Gasteiger partial charge is 0.221 e. The van der Waals surface area contributed by atoms with Gasteiger partial charge in [0.25, 0.3) is 0 Å². The molecule has 0 aliphatic rings. The molecule has 0 aliphatic heterocycles. The van der Waals surface area contributed by atoms with E-state index in [1.54, 1.807) is 12.1 Å². The monoisotopic (exact) mass is 353 g/mol. The molecule has 2 aromatic carbocycles. The molecule has 0 atom stereocenters. The van der Waals surface area contributed by atoms with E-state index in [0.717, 1.165) is 17.1 Å². The molecule has 1 heterocycles. The van der Waals surface area contributed by atoms with Crippen molar-refractivity contribution in [1.29, 1.82) is 0 Å². The van der Waals surface area contributed by atoms with E-state index in [1.165, 1.54) is 13.3 Å². The Balaban J connectivity index is 1.71. The molecular formula is C18H16ClN5O.